The second kappa shape index (κ2) is 11.1. The van der Waals surface area contributed by atoms with Crippen LogP contribution in [0.2, 0.25) is 5.02 Å². The molecule has 1 N–H and O–H groups in total. The Balaban J connectivity index is 1.69. The van der Waals surface area contributed by atoms with E-state index in [0.29, 0.717) is 23.4 Å². The van der Waals surface area contributed by atoms with Crippen molar-refractivity contribution in [2.24, 2.45) is 10.9 Å². The van der Waals surface area contributed by atoms with Crippen molar-refractivity contribution in [3.8, 4) is 5.75 Å². The Hall–Kier alpha value is -3.48. The van der Waals surface area contributed by atoms with Gasteiger partial charge in [-0.3, -0.25) is 13.9 Å². The zero-order valence-corrected chi connectivity index (χ0v) is 22.6. The number of aliphatic imine (C=N–C) groups is 1. The van der Waals surface area contributed by atoms with Gasteiger partial charge in [0.05, 0.1) is 25.6 Å². The van der Waals surface area contributed by atoms with E-state index >= 15 is 0 Å². The van der Waals surface area contributed by atoms with Crippen LogP contribution in [0.5, 0.6) is 5.75 Å². The molecule has 3 heterocycles. The molecule has 13 heteroatoms. The lowest BCUT2D eigenvalue weighted by molar-refractivity contribution is 0.145. The predicted molar refractivity (Wildman–Crippen MR) is 140 cm³/mol. The standard InChI is InChI=1S/C25H26ClFN4O6S/c1-14-9-21(19(27)10-18(14)26)38(33,34)30-23-15(2)17(11-29-24(23)36-4)16-5-6-22-28-12-20(37-8-7-35-3)25(32)31(22)13-16/h5-6,9-13,15,17,30H,7-8H2,1-4H3. The van der Waals surface area contributed by atoms with Crippen LogP contribution in [0, 0.1) is 18.7 Å². The molecule has 2 unspecified atom stereocenters. The first kappa shape index (κ1) is 27.6. The summed E-state index contributed by atoms with van der Waals surface area (Å²) in [5.74, 6) is -1.86. The number of ether oxygens (including phenoxy) is 3. The van der Waals surface area contributed by atoms with Gasteiger partial charge in [-0.1, -0.05) is 24.6 Å². The zero-order chi connectivity index (χ0) is 27.6. The summed E-state index contributed by atoms with van der Waals surface area (Å²) in [5.41, 5.74) is 1.20. The Kier molecular flexibility index (Phi) is 8.05. The second-order valence-corrected chi connectivity index (χ2v) is 10.7. The number of aryl methyl sites for hydroxylation is 1. The van der Waals surface area contributed by atoms with Crippen LogP contribution in [0.4, 0.5) is 4.39 Å². The third kappa shape index (κ3) is 5.38. The molecular formula is C25H26ClFN4O6S. The van der Waals surface area contributed by atoms with E-state index in [4.69, 9.17) is 25.8 Å². The maximum atomic E-state index is 14.6. The molecule has 202 valence electrons. The van der Waals surface area contributed by atoms with Crippen LogP contribution in [-0.4, -0.2) is 51.5 Å². The Morgan fingerprint density at radius 2 is 1.97 bits per heavy atom. The highest BCUT2D eigenvalue weighted by molar-refractivity contribution is 7.89. The van der Waals surface area contributed by atoms with E-state index in [1.807, 2.05) is 0 Å². The molecule has 38 heavy (non-hydrogen) atoms. The molecule has 4 rings (SSSR count). The molecule has 0 fully saturated rings. The number of methoxy groups -OCH3 is 2. The number of nitrogens with one attached hydrogen (secondary N) is 1. The minimum absolute atomic E-state index is 0.0388. The van der Waals surface area contributed by atoms with Crippen molar-refractivity contribution in [1.29, 1.82) is 0 Å². The molecule has 0 amide bonds. The number of hydrogen-bond acceptors (Lipinski definition) is 8. The molecule has 0 radical (unpaired) electrons. The van der Waals surface area contributed by atoms with Gasteiger partial charge in [0.25, 0.3) is 15.6 Å². The minimum atomic E-state index is -4.36. The summed E-state index contributed by atoms with van der Waals surface area (Å²) in [7, 11) is -1.48. The number of nitrogens with zero attached hydrogens (tertiary/aromatic N) is 3. The summed E-state index contributed by atoms with van der Waals surface area (Å²) >= 11 is 5.93. The van der Waals surface area contributed by atoms with Crippen LogP contribution in [0.15, 0.2) is 62.9 Å². The van der Waals surface area contributed by atoms with Gasteiger partial charge in [0.2, 0.25) is 11.6 Å². The Labute approximate surface area is 223 Å². The summed E-state index contributed by atoms with van der Waals surface area (Å²) in [6.07, 6.45) is 4.57. The largest absolute Gasteiger partial charge is 0.484 e. The van der Waals surface area contributed by atoms with Gasteiger partial charge in [-0.25, -0.2) is 22.8 Å². The molecule has 0 aliphatic carbocycles. The van der Waals surface area contributed by atoms with Crippen LogP contribution < -0.4 is 15.0 Å². The molecule has 0 saturated carbocycles. The zero-order valence-electron chi connectivity index (χ0n) is 21.1. The van der Waals surface area contributed by atoms with Gasteiger partial charge in [-0.15, -0.1) is 0 Å². The highest BCUT2D eigenvalue weighted by atomic mass is 35.5. The van der Waals surface area contributed by atoms with Gasteiger partial charge in [-0.2, -0.15) is 0 Å². The molecule has 0 spiro atoms. The molecule has 3 aromatic rings. The first-order valence-corrected chi connectivity index (χ1v) is 13.4. The fourth-order valence-corrected chi connectivity index (χ4v) is 5.51. The lowest BCUT2D eigenvalue weighted by atomic mass is 9.85. The number of benzene rings is 1. The van der Waals surface area contributed by atoms with Gasteiger partial charge in [0, 0.05) is 36.4 Å². The lowest BCUT2D eigenvalue weighted by Crippen LogP contribution is -2.33. The smallest absolute Gasteiger partial charge is 0.300 e. The SMILES string of the molecule is COCCOc1cnc2ccc(C3C=NC(OC)=C(NS(=O)(=O)c4cc(C)c(Cl)cc4F)C3C)cn2c1=O. The van der Waals surface area contributed by atoms with E-state index in [-0.39, 0.29) is 29.0 Å². The maximum absolute atomic E-state index is 14.6. The number of hydrogen-bond donors (Lipinski definition) is 1. The molecule has 0 saturated heterocycles. The number of sulfonamides is 1. The third-order valence-electron chi connectivity index (χ3n) is 6.14. The maximum Gasteiger partial charge on any atom is 0.300 e. The fourth-order valence-electron chi connectivity index (χ4n) is 4.04. The van der Waals surface area contributed by atoms with Crippen molar-refractivity contribution >= 4 is 33.5 Å². The van der Waals surface area contributed by atoms with Gasteiger partial charge in [-0.05, 0) is 36.2 Å². The van der Waals surface area contributed by atoms with Crippen molar-refractivity contribution in [3.63, 3.8) is 0 Å². The minimum Gasteiger partial charge on any atom is -0.484 e. The molecule has 1 aromatic carbocycles. The number of pyridine rings is 1. The van der Waals surface area contributed by atoms with Crippen molar-refractivity contribution in [1.82, 2.24) is 14.1 Å². The average molecular weight is 565 g/mol. The predicted octanol–water partition coefficient (Wildman–Crippen LogP) is 3.42. The molecule has 1 aliphatic rings. The van der Waals surface area contributed by atoms with Gasteiger partial charge in [0.1, 0.15) is 23.0 Å². The summed E-state index contributed by atoms with van der Waals surface area (Å²) in [5, 5.41) is 0.113. The van der Waals surface area contributed by atoms with E-state index in [2.05, 4.69) is 14.7 Å². The van der Waals surface area contributed by atoms with Crippen molar-refractivity contribution in [3.05, 3.63) is 80.6 Å². The van der Waals surface area contributed by atoms with Crippen molar-refractivity contribution < 1.29 is 27.0 Å². The number of rotatable bonds is 9. The second-order valence-electron chi connectivity index (χ2n) is 8.61. The van der Waals surface area contributed by atoms with Crippen LogP contribution in [0.3, 0.4) is 0 Å². The molecule has 2 aromatic heterocycles. The van der Waals surface area contributed by atoms with E-state index in [0.717, 1.165) is 12.1 Å². The highest BCUT2D eigenvalue weighted by Crippen LogP contribution is 2.34. The van der Waals surface area contributed by atoms with E-state index in [1.54, 1.807) is 38.4 Å². The fraction of sp³-hybridized carbons (Fsp3) is 0.320. The number of fused-ring (bicyclic) bond motifs is 1. The Bertz CT molecular complexity index is 1610. The number of allylic oxidation sites excluding steroid dienone is 1. The van der Waals surface area contributed by atoms with E-state index in [1.165, 1.54) is 24.8 Å². The molecule has 10 nitrogen and oxygen atoms in total. The quantitative estimate of drug-likeness (QED) is 0.395. The monoisotopic (exact) mass is 564 g/mol. The molecule has 0 bridgehead atoms. The first-order chi connectivity index (χ1) is 18.1. The molecular weight excluding hydrogens is 539 g/mol. The lowest BCUT2D eigenvalue weighted by Gasteiger charge is -2.28. The summed E-state index contributed by atoms with van der Waals surface area (Å²) in [6, 6.07) is 5.56. The van der Waals surface area contributed by atoms with Crippen LogP contribution >= 0.6 is 11.6 Å². The Morgan fingerprint density at radius 1 is 1.21 bits per heavy atom. The van der Waals surface area contributed by atoms with Crippen LogP contribution in [0.1, 0.15) is 24.0 Å². The topological polar surface area (TPSA) is 121 Å². The highest BCUT2D eigenvalue weighted by Gasteiger charge is 2.33. The summed E-state index contributed by atoms with van der Waals surface area (Å²) < 4.78 is 60.5. The molecule has 1 aliphatic heterocycles. The van der Waals surface area contributed by atoms with E-state index < -0.39 is 38.1 Å². The van der Waals surface area contributed by atoms with Crippen molar-refractivity contribution in [2.75, 3.05) is 27.4 Å². The average Bonchev–Trinajstić information content (AvgIpc) is 2.88. The normalized spacial score (nSPS) is 17.6. The third-order valence-corrected chi connectivity index (χ3v) is 7.93. The van der Waals surface area contributed by atoms with Crippen LogP contribution in [-0.2, 0) is 19.5 Å². The van der Waals surface area contributed by atoms with Crippen LogP contribution in [0.25, 0.3) is 5.65 Å². The van der Waals surface area contributed by atoms with Gasteiger partial charge < -0.3 is 14.2 Å². The number of halogens is 2. The van der Waals surface area contributed by atoms with E-state index in [9.17, 15) is 17.6 Å². The van der Waals surface area contributed by atoms with Gasteiger partial charge in [0.15, 0.2) is 0 Å². The number of aromatic nitrogens is 2. The van der Waals surface area contributed by atoms with Crippen molar-refractivity contribution in [2.45, 2.75) is 24.7 Å². The summed E-state index contributed by atoms with van der Waals surface area (Å²) in [6.45, 7) is 3.85. The molecule has 2 atom stereocenters. The first-order valence-electron chi connectivity index (χ1n) is 11.5. The summed E-state index contributed by atoms with van der Waals surface area (Å²) in [4.78, 5) is 21.0. The van der Waals surface area contributed by atoms with Gasteiger partial charge >= 0.3 is 0 Å². The Morgan fingerprint density at radius 3 is 2.68 bits per heavy atom.